The van der Waals surface area contributed by atoms with Crippen LogP contribution in [0, 0.1) is 0 Å². The summed E-state index contributed by atoms with van der Waals surface area (Å²) in [6, 6.07) is 4.38. The van der Waals surface area contributed by atoms with Crippen LogP contribution in [-0.4, -0.2) is 6.26 Å². The molecule has 1 aromatic carbocycles. The lowest BCUT2D eigenvalue weighted by Gasteiger charge is -2.02. The highest BCUT2D eigenvalue weighted by atomic mass is 79.9. The van der Waals surface area contributed by atoms with Gasteiger partial charge in [-0.1, -0.05) is 15.9 Å². The highest BCUT2D eigenvalue weighted by molar-refractivity contribution is 9.08. The summed E-state index contributed by atoms with van der Waals surface area (Å²) in [6.45, 7) is 0. The van der Waals surface area contributed by atoms with Crippen molar-refractivity contribution in [2.45, 2.75) is 15.1 Å². The average molecular weight is 305 g/mol. The molecule has 0 aliphatic heterocycles. The van der Waals surface area contributed by atoms with Gasteiger partial charge in [-0.05, 0) is 24.0 Å². The predicted octanol–water partition coefficient (Wildman–Crippen LogP) is 4.81. The third-order valence-corrected chi connectivity index (χ3v) is 5.00. The second-order valence-electron chi connectivity index (χ2n) is 2.91. The molecule has 4 heteroatoms. The Balaban J connectivity index is 2.69. The fourth-order valence-electron chi connectivity index (χ4n) is 1.35. The van der Waals surface area contributed by atoms with Crippen LogP contribution in [0.15, 0.2) is 27.3 Å². The number of fused-ring (bicyclic) bond motifs is 1. The summed E-state index contributed by atoms with van der Waals surface area (Å²) in [5, 5.41) is 4.41. The lowest BCUT2D eigenvalue weighted by Crippen LogP contribution is -1.80. The quantitative estimate of drug-likeness (QED) is 0.472. The van der Waals surface area contributed by atoms with E-state index in [1.807, 2.05) is 0 Å². The lowest BCUT2D eigenvalue weighted by molar-refractivity contribution is 1.31. The molecular formula is C10H9BrS3. The summed E-state index contributed by atoms with van der Waals surface area (Å²) < 4.78 is 1.35. The minimum absolute atomic E-state index is 0.869. The number of halogens is 1. The van der Waals surface area contributed by atoms with Crippen molar-refractivity contribution in [3.63, 3.8) is 0 Å². The van der Waals surface area contributed by atoms with Crippen LogP contribution in [-0.2, 0) is 5.33 Å². The molecule has 0 fully saturated rings. The summed E-state index contributed by atoms with van der Waals surface area (Å²) >= 11 is 11.5. The molecule has 0 aliphatic rings. The second kappa shape index (κ2) is 4.47. The van der Waals surface area contributed by atoms with Crippen molar-refractivity contribution in [3.05, 3.63) is 23.1 Å². The van der Waals surface area contributed by atoms with Crippen LogP contribution >= 0.6 is 51.7 Å². The monoisotopic (exact) mass is 304 g/mol. The van der Waals surface area contributed by atoms with Gasteiger partial charge in [0.1, 0.15) is 0 Å². The average Bonchev–Trinajstić information content (AvgIpc) is 2.58. The number of alkyl halides is 1. The SMILES string of the molecule is CSc1csc2cc(CBr)c(S)cc12. The van der Waals surface area contributed by atoms with Crippen molar-refractivity contribution in [1.29, 1.82) is 0 Å². The normalized spacial score (nSPS) is 11.1. The number of hydrogen-bond acceptors (Lipinski definition) is 3. The van der Waals surface area contributed by atoms with Crippen molar-refractivity contribution in [3.8, 4) is 0 Å². The largest absolute Gasteiger partial charge is 0.143 e. The Kier molecular flexibility index (Phi) is 3.47. The third kappa shape index (κ3) is 1.85. The maximum Gasteiger partial charge on any atom is 0.0358 e. The fraction of sp³-hybridized carbons (Fsp3) is 0.200. The molecule has 0 aliphatic carbocycles. The molecule has 1 heterocycles. The van der Waals surface area contributed by atoms with Gasteiger partial charge in [0.2, 0.25) is 0 Å². The molecule has 2 aromatic rings. The fourth-order valence-corrected chi connectivity index (χ4v) is 4.15. The zero-order valence-electron chi connectivity index (χ0n) is 7.58. The Hall–Kier alpha value is 0.360. The minimum atomic E-state index is 0.869. The summed E-state index contributed by atoms with van der Waals surface area (Å²) in [7, 11) is 0. The van der Waals surface area contributed by atoms with E-state index >= 15 is 0 Å². The lowest BCUT2D eigenvalue weighted by atomic mass is 10.2. The van der Waals surface area contributed by atoms with E-state index in [9.17, 15) is 0 Å². The highest BCUT2D eigenvalue weighted by Crippen LogP contribution is 2.35. The van der Waals surface area contributed by atoms with Crippen LogP contribution in [0.2, 0.25) is 0 Å². The molecule has 0 nitrogen and oxygen atoms in total. The maximum absolute atomic E-state index is 4.48. The van der Waals surface area contributed by atoms with Crippen LogP contribution in [0.1, 0.15) is 5.56 Å². The summed E-state index contributed by atoms with van der Waals surface area (Å²) in [5.74, 6) is 0. The van der Waals surface area contributed by atoms with Crippen LogP contribution in [0.25, 0.3) is 10.1 Å². The molecule has 0 radical (unpaired) electrons. The van der Waals surface area contributed by atoms with Crippen molar-refractivity contribution in [2.75, 3.05) is 6.26 Å². The standard InChI is InChI=1S/C10H9BrS3/c1-13-10-5-14-9-2-6(4-11)8(12)3-7(9)10/h2-3,5,12H,4H2,1H3. The summed E-state index contributed by atoms with van der Waals surface area (Å²) in [6.07, 6.45) is 2.11. The van der Waals surface area contributed by atoms with E-state index < -0.39 is 0 Å². The minimum Gasteiger partial charge on any atom is -0.143 e. The van der Waals surface area contributed by atoms with E-state index in [1.165, 1.54) is 20.5 Å². The van der Waals surface area contributed by atoms with Crippen LogP contribution < -0.4 is 0 Å². The van der Waals surface area contributed by atoms with Crippen LogP contribution in [0.3, 0.4) is 0 Å². The summed E-state index contributed by atoms with van der Waals surface area (Å²) in [5.41, 5.74) is 1.26. The van der Waals surface area contributed by atoms with E-state index in [-0.39, 0.29) is 0 Å². The predicted molar refractivity (Wildman–Crippen MR) is 73.5 cm³/mol. The smallest absolute Gasteiger partial charge is 0.0358 e. The van der Waals surface area contributed by atoms with E-state index in [0.717, 1.165) is 10.2 Å². The molecule has 0 atom stereocenters. The van der Waals surface area contributed by atoms with Gasteiger partial charge in [0, 0.05) is 30.6 Å². The zero-order chi connectivity index (χ0) is 10.1. The van der Waals surface area contributed by atoms with E-state index in [4.69, 9.17) is 0 Å². The second-order valence-corrected chi connectivity index (χ2v) is 5.72. The Morgan fingerprint density at radius 3 is 2.93 bits per heavy atom. The molecule has 0 spiro atoms. The van der Waals surface area contributed by atoms with Crippen LogP contribution in [0.4, 0.5) is 0 Å². The first-order chi connectivity index (χ1) is 6.76. The highest BCUT2D eigenvalue weighted by Gasteiger charge is 2.06. The molecule has 74 valence electrons. The molecule has 0 saturated carbocycles. The van der Waals surface area contributed by atoms with E-state index in [0.29, 0.717) is 0 Å². The number of thioether (sulfide) groups is 1. The Morgan fingerprint density at radius 2 is 2.29 bits per heavy atom. The molecule has 14 heavy (non-hydrogen) atoms. The molecule has 2 rings (SSSR count). The van der Waals surface area contributed by atoms with Gasteiger partial charge in [-0.3, -0.25) is 0 Å². The molecule has 0 unspecified atom stereocenters. The van der Waals surface area contributed by atoms with Gasteiger partial charge >= 0.3 is 0 Å². The molecule has 0 N–H and O–H groups in total. The van der Waals surface area contributed by atoms with Gasteiger partial charge in [0.15, 0.2) is 0 Å². The zero-order valence-corrected chi connectivity index (χ0v) is 11.7. The van der Waals surface area contributed by atoms with Crippen molar-refractivity contribution in [1.82, 2.24) is 0 Å². The maximum atomic E-state index is 4.48. The number of thiophene rings is 1. The Labute approximate surface area is 106 Å². The van der Waals surface area contributed by atoms with E-state index in [1.54, 1.807) is 23.1 Å². The topological polar surface area (TPSA) is 0 Å². The number of thiol groups is 1. The third-order valence-electron chi connectivity index (χ3n) is 2.10. The van der Waals surface area contributed by atoms with Gasteiger partial charge in [-0.2, -0.15) is 0 Å². The van der Waals surface area contributed by atoms with Crippen molar-refractivity contribution < 1.29 is 0 Å². The Bertz CT molecular complexity index is 462. The van der Waals surface area contributed by atoms with Gasteiger partial charge in [-0.15, -0.1) is 35.7 Å². The number of rotatable bonds is 2. The molecular weight excluding hydrogens is 296 g/mol. The van der Waals surface area contributed by atoms with Crippen molar-refractivity contribution in [2.24, 2.45) is 0 Å². The van der Waals surface area contributed by atoms with Gasteiger partial charge in [-0.25, -0.2) is 0 Å². The Morgan fingerprint density at radius 1 is 1.50 bits per heavy atom. The molecule has 0 saturated heterocycles. The molecule has 1 aromatic heterocycles. The number of benzene rings is 1. The molecule has 0 amide bonds. The van der Waals surface area contributed by atoms with Crippen molar-refractivity contribution >= 4 is 61.7 Å². The van der Waals surface area contributed by atoms with Crippen LogP contribution in [0.5, 0.6) is 0 Å². The summed E-state index contributed by atoms with van der Waals surface area (Å²) in [4.78, 5) is 2.42. The number of hydrogen-bond donors (Lipinski definition) is 1. The van der Waals surface area contributed by atoms with Gasteiger partial charge < -0.3 is 0 Å². The molecule has 0 bridgehead atoms. The van der Waals surface area contributed by atoms with Gasteiger partial charge in [0.25, 0.3) is 0 Å². The van der Waals surface area contributed by atoms with Gasteiger partial charge in [0.05, 0.1) is 0 Å². The first kappa shape index (κ1) is 10.9. The first-order valence-electron chi connectivity index (χ1n) is 4.09. The first-order valence-corrected chi connectivity index (χ1v) is 7.76. The van der Waals surface area contributed by atoms with E-state index in [2.05, 4.69) is 52.3 Å².